The molecule has 2 aliphatic rings. The number of carbonyl (C=O) groups excluding carboxylic acids is 1. The molecule has 0 aliphatic carbocycles. The molecule has 2 aliphatic heterocycles. The van der Waals surface area contributed by atoms with E-state index < -0.39 is 10.0 Å². The topological polar surface area (TPSA) is 66.5 Å². The standard InChI is InChI=1S/C19H20N2O3S2/c1-13-10-19(22)20-17-11-16(6-7-18(17)25-13)26(23,24)21-9-8-14-4-2-3-5-15(14)12-21/h2-7,11,13H,8-10,12H2,1H3,(H,20,22). The molecule has 1 unspecified atom stereocenters. The summed E-state index contributed by atoms with van der Waals surface area (Å²) in [5.41, 5.74) is 2.84. The van der Waals surface area contributed by atoms with Crippen molar-refractivity contribution in [2.45, 2.75) is 41.4 Å². The van der Waals surface area contributed by atoms with Crippen molar-refractivity contribution in [1.29, 1.82) is 0 Å². The van der Waals surface area contributed by atoms with Crippen molar-refractivity contribution in [3.63, 3.8) is 0 Å². The van der Waals surface area contributed by atoms with Crippen LogP contribution in [0.2, 0.25) is 0 Å². The number of benzene rings is 2. The van der Waals surface area contributed by atoms with E-state index in [4.69, 9.17) is 0 Å². The van der Waals surface area contributed by atoms with E-state index >= 15 is 0 Å². The molecule has 26 heavy (non-hydrogen) atoms. The summed E-state index contributed by atoms with van der Waals surface area (Å²) >= 11 is 1.59. The minimum atomic E-state index is -3.61. The SMILES string of the molecule is CC1CC(=O)Nc2cc(S(=O)(=O)N3CCc4ccccc4C3)ccc2S1. The van der Waals surface area contributed by atoms with Crippen molar-refractivity contribution in [2.75, 3.05) is 11.9 Å². The number of carbonyl (C=O) groups is 1. The minimum Gasteiger partial charge on any atom is -0.325 e. The van der Waals surface area contributed by atoms with Crippen LogP contribution in [0.5, 0.6) is 0 Å². The first kappa shape index (κ1) is 17.6. The summed E-state index contributed by atoms with van der Waals surface area (Å²) in [6.45, 7) is 2.84. The highest BCUT2D eigenvalue weighted by Gasteiger charge is 2.29. The molecule has 0 radical (unpaired) electrons. The van der Waals surface area contributed by atoms with Gasteiger partial charge in [-0.1, -0.05) is 31.2 Å². The summed E-state index contributed by atoms with van der Waals surface area (Å²) < 4.78 is 27.8. The molecule has 0 spiro atoms. The average molecular weight is 389 g/mol. The second-order valence-corrected chi connectivity index (χ2v) is 10.1. The van der Waals surface area contributed by atoms with Gasteiger partial charge in [-0.3, -0.25) is 4.79 Å². The Balaban J connectivity index is 1.66. The van der Waals surface area contributed by atoms with Crippen molar-refractivity contribution < 1.29 is 13.2 Å². The van der Waals surface area contributed by atoms with Gasteiger partial charge in [-0.2, -0.15) is 4.31 Å². The molecular formula is C19H20N2O3S2. The van der Waals surface area contributed by atoms with E-state index in [2.05, 4.69) is 11.4 Å². The number of amides is 1. The number of hydrogen-bond acceptors (Lipinski definition) is 4. The summed E-state index contributed by atoms with van der Waals surface area (Å²) in [4.78, 5) is 13.1. The van der Waals surface area contributed by atoms with Crippen molar-refractivity contribution in [3.05, 3.63) is 53.6 Å². The maximum atomic E-state index is 13.1. The molecular weight excluding hydrogens is 368 g/mol. The predicted octanol–water partition coefficient (Wildman–Crippen LogP) is 3.26. The first-order chi connectivity index (χ1) is 12.4. The molecule has 1 amide bonds. The van der Waals surface area contributed by atoms with Crippen LogP contribution in [0, 0.1) is 0 Å². The maximum Gasteiger partial charge on any atom is 0.243 e. The Hall–Kier alpha value is -1.83. The van der Waals surface area contributed by atoms with E-state index in [0.29, 0.717) is 31.6 Å². The van der Waals surface area contributed by atoms with Crippen LogP contribution >= 0.6 is 11.8 Å². The molecule has 5 nitrogen and oxygen atoms in total. The van der Waals surface area contributed by atoms with Gasteiger partial charge < -0.3 is 5.32 Å². The summed E-state index contributed by atoms with van der Waals surface area (Å²) in [7, 11) is -3.61. The molecule has 136 valence electrons. The fourth-order valence-corrected chi connectivity index (χ4v) is 5.91. The Morgan fingerprint density at radius 2 is 1.92 bits per heavy atom. The van der Waals surface area contributed by atoms with E-state index in [9.17, 15) is 13.2 Å². The Bertz CT molecular complexity index is 972. The van der Waals surface area contributed by atoms with Gasteiger partial charge in [-0.05, 0) is 35.7 Å². The number of nitrogens with one attached hydrogen (secondary N) is 1. The zero-order valence-corrected chi connectivity index (χ0v) is 16.1. The summed E-state index contributed by atoms with van der Waals surface area (Å²) in [6.07, 6.45) is 1.13. The second-order valence-electron chi connectivity index (χ2n) is 6.70. The maximum absolute atomic E-state index is 13.1. The van der Waals surface area contributed by atoms with Gasteiger partial charge in [-0.25, -0.2) is 8.42 Å². The van der Waals surface area contributed by atoms with Gasteiger partial charge in [0.25, 0.3) is 0 Å². The van der Waals surface area contributed by atoms with Crippen LogP contribution in [-0.4, -0.2) is 30.4 Å². The largest absolute Gasteiger partial charge is 0.325 e. The minimum absolute atomic E-state index is 0.0785. The first-order valence-electron chi connectivity index (χ1n) is 8.61. The third kappa shape index (κ3) is 3.26. The lowest BCUT2D eigenvalue weighted by atomic mass is 10.0. The summed E-state index contributed by atoms with van der Waals surface area (Å²) in [5, 5.41) is 3.01. The lowest BCUT2D eigenvalue weighted by molar-refractivity contribution is -0.116. The van der Waals surface area contributed by atoms with Crippen molar-refractivity contribution in [1.82, 2.24) is 4.31 Å². The lowest BCUT2D eigenvalue weighted by Crippen LogP contribution is -2.36. The Morgan fingerprint density at radius 3 is 2.73 bits per heavy atom. The number of anilines is 1. The van der Waals surface area contributed by atoms with Crippen molar-refractivity contribution >= 4 is 33.4 Å². The number of nitrogens with zero attached hydrogens (tertiary/aromatic N) is 1. The highest BCUT2D eigenvalue weighted by atomic mass is 32.2. The Labute approximate surface area is 157 Å². The highest BCUT2D eigenvalue weighted by molar-refractivity contribution is 8.00. The third-order valence-electron chi connectivity index (χ3n) is 4.76. The van der Waals surface area contributed by atoms with Gasteiger partial charge in [0.2, 0.25) is 15.9 Å². The second kappa shape index (κ2) is 6.72. The average Bonchev–Trinajstić information content (AvgIpc) is 2.76. The molecule has 2 aromatic carbocycles. The number of sulfonamides is 1. The number of fused-ring (bicyclic) bond motifs is 2. The van der Waals surface area contributed by atoms with Gasteiger partial charge >= 0.3 is 0 Å². The first-order valence-corrected chi connectivity index (χ1v) is 10.9. The van der Waals surface area contributed by atoms with Gasteiger partial charge in [0.15, 0.2) is 0 Å². The number of rotatable bonds is 2. The quantitative estimate of drug-likeness (QED) is 0.858. The Kier molecular flexibility index (Phi) is 4.54. The molecule has 0 saturated heterocycles. The molecule has 1 atom stereocenters. The monoisotopic (exact) mass is 388 g/mol. The molecule has 2 heterocycles. The van der Waals surface area contributed by atoms with Gasteiger partial charge in [0.1, 0.15) is 0 Å². The zero-order chi connectivity index (χ0) is 18.3. The van der Waals surface area contributed by atoms with Crippen LogP contribution in [-0.2, 0) is 27.8 Å². The summed E-state index contributed by atoms with van der Waals surface area (Å²) in [5.74, 6) is -0.0785. The molecule has 0 aromatic heterocycles. The van der Waals surface area contributed by atoms with E-state index in [0.717, 1.165) is 10.5 Å². The molecule has 2 aromatic rings. The number of hydrogen-bond donors (Lipinski definition) is 1. The normalized spacial score (nSPS) is 20.7. The smallest absolute Gasteiger partial charge is 0.243 e. The lowest BCUT2D eigenvalue weighted by Gasteiger charge is -2.28. The molecule has 0 bridgehead atoms. The fraction of sp³-hybridized carbons (Fsp3) is 0.316. The van der Waals surface area contributed by atoms with Crippen LogP contribution in [0.1, 0.15) is 24.5 Å². The zero-order valence-electron chi connectivity index (χ0n) is 14.4. The Morgan fingerprint density at radius 1 is 1.15 bits per heavy atom. The molecule has 1 N–H and O–H groups in total. The van der Waals surface area contributed by atoms with E-state index in [-0.39, 0.29) is 16.1 Å². The van der Waals surface area contributed by atoms with Crippen LogP contribution in [0.25, 0.3) is 0 Å². The molecule has 0 saturated carbocycles. The molecule has 4 rings (SSSR count). The van der Waals surface area contributed by atoms with Gasteiger partial charge in [0.05, 0.1) is 10.6 Å². The van der Waals surface area contributed by atoms with Crippen molar-refractivity contribution in [2.24, 2.45) is 0 Å². The van der Waals surface area contributed by atoms with E-state index in [1.165, 1.54) is 9.87 Å². The van der Waals surface area contributed by atoms with E-state index in [1.54, 1.807) is 30.0 Å². The predicted molar refractivity (Wildman–Crippen MR) is 103 cm³/mol. The van der Waals surface area contributed by atoms with E-state index in [1.807, 2.05) is 25.1 Å². The van der Waals surface area contributed by atoms with Gasteiger partial charge in [-0.15, -0.1) is 11.8 Å². The highest BCUT2D eigenvalue weighted by Crippen LogP contribution is 2.37. The molecule has 0 fully saturated rings. The fourth-order valence-electron chi connectivity index (χ4n) is 3.41. The summed E-state index contributed by atoms with van der Waals surface area (Å²) in [6, 6.07) is 13.0. The van der Waals surface area contributed by atoms with Crippen LogP contribution in [0.4, 0.5) is 5.69 Å². The van der Waals surface area contributed by atoms with Crippen molar-refractivity contribution in [3.8, 4) is 0 Å². The number of thioether (sulfide) groups is 1. The third-order valence-corrected chi connectivity index (χ3v) is 7.78. The van der Waals surface area contributed by atoms with Crippen LogP contribution in [0.15, 0.2) is 52.3 Å². The van der Waals surface area contributed by atoms with Gasteiger partial charge in [0, 0.05) is 29.7 Å². The van der Waals surface area contributed by atoms with Crippen LogP contribution < -0.4 is 5.32 Å². The van der Waals surface area contributed by atoms with Crippen LogP contribution in [0.3, 0.4) is 0 Å². The molecule has 7 heteroatoms.